The van der Waals surface area contributed by atoms with Crippen molar-refractivity contribution in [1.29, 1.82) is 0 Å². The minimum Gasteiger partial charge on any atom is -0.381 e. The SMILES string of the molecule is COC(Cn1c(C)nc(C(F)(F)F)cc1=O)C1CCCOC1. The van der Waals surface area contributed by atoms with Gasteiger partial charge in [0.25, 0.3) is 5.56 Å². The summed E-state index contributed by atoms with van der Waals surface area (Å²) >= 11 is 0. The molecule has 0 N–H and O–H groups in total. The van der Waals surface area contributed by atoms with E-state index in [0.29, 0.717) is 19.3 Å². The molecule has 2 rings (SSSR count). The first kappa shape index (κ1) is 17.0. The zero-order chi connectivity index (χ0) is 16.3. The second kappa shape index (κ2) is 6.78. The fraction of sp³-hybridized carbons (Fsp3) is 0.714. The molecule has 2 heterocycles. The number of hydrogen-bond acceptors (Lipinski definition) is 4. The maximum absolute atomic E-state index is 12.6. The molecule has 22 heavy (non-hydrogen) atoms. The summed E-state index contributed by atoms with van der Waals surface area (Å²) in [5, 5.41) is 0. The Bertz CT molecular complexity index is 565. The van der Waals surface area contributed by atoms with Gasteiger partial charge >= 0.3 is 6.18 Å². The van der Waals surface area contributed by atoms with Crippen molar-refractivity contribution in [2.45, 2.75) is 38.6 Å². The van der Waals surface area contributed by atoms with Gasteiger partial charge in [0.1, 0.15) is 5.82 Å². The average molecular weight is 320 g/mol. The van der Waals surface area contributed by atoms with Crippen LogP contribution in [0, 0.1) is 12.8 Å². The van der Waals surface area contributed by atoms with Gasteiger partial charge in [-0.1, -0.05) is 0 Å². The maximum atomic E-state index is 12.6. The zero-order valence-electron chi connectivity index (χ0n) is 12.5. The normalized spacial score (nSPS) is 20.9. The van der Waals surface area contributed by atoms with Crippen molar-refractivity contribution in [3.05, 3.63) is 27.9 Å². The van der Waals surface area contributed by atoms with Gasteiger partial charge in [-0.25, -0.2) is 4.98 Å². The number of aryl methyl sites for hydroxylation is 1. The molecule has 2 unspecified atom stereocenters. The van der Waals surface area contributed by atoms with Crippen molar-refractivity contribution in [2.24, 2.45) is 5.92 Å². The Morgan fingerprint density at radius 1 is 1.55 bits per heavy atom. The van der Waals surface area contributed by atoms with Crippen LogP contribution < -0.4 is 5.56 Å². The number of hydrogen-bond donors (Lipinski definition) is 0. The zero-order valence-corrected chi connectivity index (χ0v) is 12.5. The highest BCUT2D eigenvalue weighted by Crippen LogP contribution is 2.27. The number of nitrogens with zero attached hydrogens (tertiary/aromatic N) is 2. The molecule has 1 saturated heterocycles. The highest BCUT2D eigenvalue weighted by atomic mass is 19.4. The molecule has 0 saturated carbocycles. The van der Waals surface area contributed by atoms with Gasteiger partial charge in [-0.3, -0.25) is 9.36 Å². The summed E-state index contributed by atoms with van der Waals surface area (Å²) in [7, 11) is 1.52. The van der Waals surface area contributed by atoms with Crippen LogP contribution in [0.15, 0.2) is 10.9 Å². The molecule has 0 spiro atoms. The fourth-order valence-corrected chi connectivity index (χ4v) is 2.64. The Labute approximate surface area is 126 Å². The monoisotopic (exact) mass is 320 g/mol. The van der Waals surface area contributed by atoms with Crippen LogP contribution in [0.4, 0.5) is 13.2 Å². The van der Waals surface area contributed by atoms with E-state index in [1.807, 2.05) is 0 Å². The van der Waals surface area contributed by atoms with E-state index >= 15 is 0 Å². The van der Waals surface area contributed by atoms with E-state index in [1.54, 1.807) is 0 Å². The number of methoxy groups -OCH3 is 1. The Kier molecular flexibility index (Phi) is 5.23. The minimum atomic E-state index is -4.62. The molecule has 0 bridgehead atoms. The van der Waals surface area contributed by atoms with Gasteiger partial charge in [-0.15, -0.1) is 0 Å². The topological polar surface area (TPSA) is 53.4 Å². The van der Waals surface area contributed by atoms with Crippen LogP contribution in [0.2, 0.25) is 0 Å². The lowest BCUT2D eigenvalue weighted by molar-refractivity contribution is -0.141. The number of aromatic nitrogens is 2. The first-order valence-electron chi connectivity index (χ1n) is 7.09. The number of alkyl halides is 3. The smallest absolute Gasteiger partial charge is 0.381 e. The van der Waals surface area contributed by atoms with Crippen LogP contribution >= 0.6 is 0 Å². The van der Waals surface area contributed by atoms with Crippen LogP contribution in [-0.4, -0.2) is 36.0 Å². The largest absolute Gasteiger partial charge is 0.433 e. The summed E-state index contributed by atoms with van der Waals surface area (Å²) in [5.74, 6) is 0.144. The Morgan fingerprint density at radius 2 is 2.27 bits per heavy atom. The van der Waals surface area contributed by atoms with Crippen LogP contribution in [0.5, 0.6) is 0 Å². The van der Waals surface area contributed by atoms with Gasteiger partial charge in [-0.05, 0) is 19.8 Å². The third kappa shape index (κ3) is 3.86. The molecule has 8 heteroatoms. The minimum absolute atomic E-state index is 0.0265. The van der Waals surface area contributed by atoms with E-state index in [0.717, 1.165) is 12.8 Å². The van der Waals surface area contributed by atoms with Gasteiger partial charge in [0.2, 0.25) is 0 Å². The molecule has 0 radical (unpaired) electrons. The molecule has 0 amide bonds. The summed E-state index contributed by atoms with van der Waals surface area (Å²) in [6.07, 6.45) is -3.11. The standard InChI is InChI=1S/C14H19F3N2O3/c1-9-18-12(14(15,16)17)6-13(20)19(9)7-11(21-2)10-4-3-5-22-8-10/h6,10-11H,3-5,7-8H2,1-2H3. The third-order valence-electron chi connectivity index (χ3n) is 3.88. The number of ether oxygens (including phenoxy) is 2. The average Bonchev–Trinajstić information content (AvgIpc) is 2.46. The molecule has 1 fully saturated rings. The summed E-state index contributed by atoms with van der Waals surface area (Å²) < 4.78 is 50.0. The van der Waals surface area contributed by atoms with Gasteiger partial charge in [0.05, 0.1) is 19.3 Å². The second-order valence-corrected chi connectivity index (χ2v) is 5.39. The molecular weight excluding hydrogens is 301 g/mol. The van der Waals surface area contributed by atoms with E-state index in [9.17, 15) is 18.0 Å². The van der Waals surface area contributed by atoms with E-state index in [1.165, 1.54) is 18.6 Å². The third-order valence-corrected chi connectivity index (χ3v) is 3.88. The molecule has 1 aromatic heterocycles. The van der Waals surface area contributed by atoms with Crippen LogP contribution in [0.25, 0.3) is 0 Å². The van der Waals surface area contributed by atoms with Gasteiger partial charge in [0.15, 0.2) is 5.69 Å². The van der Waals surface area contributed by atoms with Crippen molar-refractivity contribution in [1.82, 2.24) is 9.55 Å². The first-order chi connectivity index (χ1) is 10.3. The predicted octanol–water partition coefficient (Wildman–Crippen LogP) is 2.01. The van der Waals surface area contributed by atoms with E-state index in [2.05, 4.69) is 4.98 Å². The first-order valence-corrected chi connectivity index (χ1v) is 7.09. The maximum Gasteiger partial charge on any atom is 0.433 e. The molecule has 2 atom stereocenters. The van der Waals surface area contributed by atoms with Crippen molar-refractivity contribution in [3.63, 3.8) is 0 Å². The fourth-order valence-electron chi connectivity index (χ4n) is 2.64. The van der Waals surface area contributed by atoms with Gasteiger partial charge < -0.3 is 9.47 Å². The van der Waals surface area contributed by atoms with Crippen molar-refractivity contribution < 1.29 is 22.6 Å². The molecule has 1 aliphatic rings. The van der Waals surface area contributed by atoms with Gasteiger partial charge in [-0.2, -0.15) is 13.2 Å². The lowest BCUT2D eigenvalue weighted by atomic mass is 9.95. The molecule has 124 valence electrons. The van der Waals surface area contributed by atoms with Crippen LogP contribution in [-0.2, 0) is 22.2 Å². The Hall–Kier alpha value is -1.41. The van der Waals surface area contributed by atoms with Crippen molar-refractivity contribution in [2.75, 3.05) is 20.3 Å². The van der Waals surface area contributed by atoms with E-state index in [4.69, 9.17) is 9.47 Å². The summed E-state index contributed by atoms with van der Waals surface area (Å²) in [6.45, 7) is 2.79. The molecule has 1 aromatic rings. The van der Waals surface area contributed by atoms with Crippen LogP contribution in [0.3, 0.4) is 0 Å². The molecule has 0 aromatic carbocycles. The lowest BCUT2D eigenvalue weighted by Gasteiger charge is -2.30. The van der Waals surface area contributed by atoms with Crippen molar-refractivity contribution >= 4 is 0 Å². The molecule has 0 aliphatic carbocycles. The predicted molar refractivity (Wildman–Crippen MR) is 72.6 cm³/mol. The Balaban J connectivity index is 2.23. The van der Waals surface area contributed by atoms with Gasteiger partial charge in [0, 0.05) is 25.7 Å². The number of halogens is 3. The summed E-state index contributed by atoms with van der Waals surface area (Å²) in [6, 6.07) is 0.525. The van der Waals surface area contributed by atoms with E-state index in [-0.39, 0.29) is 24.4 Å². The molecular formula is C14H19F3N2O3. The summed E-state index contributed by atoms with van der Waals surface area (Å²) in [5.41, 5.74) is -1.89. The number of rotatable bonds is 4. The highest BCUT2D eigenvalue weighted by molar-refractivity contribution is 5.07. The molecule has 1 aliphatic heterocycles. The van der Waals surface area contributed by atoms with Crippen molar-refractivity contribution in [3.8, 4) is 0 Å². The lowest BCUT2D eigenvalue weighted by Crippen LogP contribution is -2.38. The summed E-state index contributed by atoms with van der Waals surface area (Å²) in [4.78, 5) is 15.5. The Morgan fingerprint density at radius 3 is 2.77 bits per heavy atom. The van der Waals surface area contributed by atoms with E-state index < -0.39 is 17.4 Å². The second-order valence-electron chi connectivity index (χ2n) is 5.39. The highest BCUT2D eigenvalue weighted by Gasteiger charge is 2.34. The quantitative estimate of drug-likeness (QED) is 0.852. The molecule has 5 nitrogen and oxygen atoms in total. The van der Waals surface area contributed by atoms with Crippen LogP contribution in [0.1, 0.15) is 24.4 Å².